The third-order valence-corrected chi connectivity index (χ3v) is 2.77. The molecule has 0 aliphatic carbocycles. The molecule has 2 heterocycles. The summed E-state index contributed by atoms with van der Waals surface area (Å²) in [7, 11) is 0. The van der Waals surface area contributed by atoms with E-state index in [4.69, 9.17) is 4.74 Å². The number of pyridine rings is 2. The summed E-state index contributed by atoms with van der Waals surface area (Å²) in [4.78, 5) is 8.55. The molecular weight excluding hydrogens is 250 g/mol. The second kappa shape index (κ2) is 7.01. The summed E-state index contributed by atoms with van der Waals surface area (Å²) < 4.78 is 5.77. The zero-order valence-corrected chi connectivity index (χ0v) is 12.3. The highest BCUT2D eigenvalue weighted by Gasteiger charge is 2.01. The van der Waals surface area contributed by atoms with Gasteiger partial charge in [-0.25, -0.2) is 0 Å². The molecule has 0 unspecified atom stereocenters. The molecule has 0 spiro atoms. The predicted octanol–water partition coefficient (Wildman–Crippen LogP) is 3.32. The Morgan fingerprint density at radius 2 is 2.00 bits per heavy atom. The van der Waals surface area contributed by atoms with Crippen molar-refractivity contribution in [2.24, 2.45) is 5.92 Å². The topological polar surface area (TPSA) is 47.0 Å². The summed E-state index contributed by atoms with van der Waals surface area (Å²) in [5, 5.41) is 3.37. The number of hydrogen-bond acceptors (Lipinski definition) is 4. The largest absolute Gasteiger partial charge is 0.456 e. The van der Waals surface area contributed by atoms with Crippen LogP contribution in [-0.2, 0) is 6.54 Å². The SMILES string of the molecule is Cc1ccc(Oc2ccnc(CNCC(C)C)c2)cn1. The Hall–Kier alpha value is -1.94. The van der Waals surface area contributed by atoms with Crippen molar-refractivity contribution in [3.8, 4) is 11.5 Å². The summed E-state index contributed by atoms with van der Waals surface area (Å²) in [6.07, 6.45) is 3.50. The van der Waals surface area contributed by atoms with Crippen LogP contribution in [0.1, 0.15) is 25.2 Å². The predicted molar refractivity (Wildman–Crippen MR) is 79.8 cm³/mol. The van der Waals surface area contributed by atoms with Crippen molar-refractivity contribution in [3.63, 3.8) is 0 Å². The monoisotopic (exact) mass is 271 g/mol. The first kappa shape index (κ1) is 14.5. The number of nitrogens with one attached hydrogen (secondary N) is 1. The standard InChI is InChI=1S/C16H21N3O/c1-12(2)9-17-10-14-8-15(6-7-18-14)20-16-5-4-13(3)19-11-16/h4-8,11-12,17H,9-10H2,1-3H3. The maximum absolute atomic E-state index is 5.77. The molecule has 4 nitrogen and oxygen atoms in total. The molecule has 2 aromatic rings. The van der Waals surface area contributed by atoms with Gasteiger partial charge in [-0.3, -0.25) is 9.97 Å². The molecule has 0 aliphatic rings. The number of nitrogens with zero attached hydrogens (tertiary/aromatic N) is 2. The van der Waals surface area contributed by atoms with Crippen LogP contribution in [0, 0.1) is 12.8 Å². The van der Waals surface area contributed by atoms with Gasteiger partial charge in [0.25, 0.3) is 0 Å². The second-order valence-electron chi connectivity index (χ2n) is 5.24. The van der Waals surface area contributed by atoms with E-state index in [1.807, 2.05) is 31.2 Å². The molecule has 20 heavy (non-hydrogen) atoms. The van der Waals surface area contributed by atoms with Crippen LogP contribution in [0.5, 0.6) is 11.5 Å². The fourth-order valence-corrected chi connectivity index (χ4v) is 1.76. The molecule has 0 saturated heterocycles. The van der Waals surface area contributed by atoms with Gasteiger partial charge in [0.05, 0.1) is 11.9 Å². The summed E-state index contributed by atoms with van der Waals surface area (Å²) in [6.45, 7) is 8.06. The minimum Gasteiger partial charge on any atom is -0.456 e. The van der Waals surface area contributed by atoms with Crippen molar-refractivity contribution in [1.29, 1.82) is 0 Å². The molecule has 0 amide bonds. The Morgan fingerprint density at radius 3 is 2.70 bits per heavy atom. The number of ether oxygens (including phenoxy) is 1. The highest BCUT2D eigenvalue weighted by molar-refractivity contribution is 5.30. The molecule has 0 radical (unpaired) electrons. The van der Waals surface area contributed by atoms with E-state index in [1.165, 1.54) is 0 Å². The van der Waals surface area contributed by atoms with Gasteiger partial charge >= 0.3 is 0 Å². The van der Waals surface area contributed by atoms with Crippen LogP contribution in [0.4, 0.5) is 0 Å². The molecule has 0 saturated carbocycles. The lowest BCUT2D eigenvalue weighted by atomic mass is 10.2. The lowest BCUT2D eigenvalue weighted by molar-refractivity contribution is 0.477. The van der Waals surface area contributed by atoms with E-state index in [-0.39, 0.29) is 0 Å². The molecule has 0 bridgehead atoms. The smallest absolute Gasteiger partial charge is 0.145 e. The van der Waals surface area contributed by atoms with Gasteiger partial charge < -0.3 is 10.1 Å². The maximum Gasteiger partial charge on any atom is 0.145 e. The van der Waals surface area contributed by atoms with Crippen molar-refractivity contribution < 1.29 is 4.74 Å². The molecule has 2 rings (SSSR count). The van der Waals surface area contributed by atoms with Crippen LogP contribution >= 0.6 is 0 Å². The van der Waals surface area contributed by atoms with E-state index < -0.39 is 0 Å². The van der Waals surface area contributed by atoms with Crippen molar-refractivity contribution >= 4 is 0 Å². The quantitative estimate of drug-likeness (QED) is 0.875. The van der Waals surface area contributed by atoms with E-state index in [0.29, 0.717) is 5.92 Å². The van der Waals surface area contributed by atoms with Crippen LogP contribution in [0.15, 0.2) is 36.7 Å². The third kappa shape index (κ3) is 4.63. The number of aromatic nitrogens is 2. The van der Waals surface area contributed by atoms with Crippen LogP contribution in [0.2, 0.25) is 0 Å². The van der Waals surface area contributed by atoms with Crippen LogP contribution in [-0.4, -0.2) is 16.5 Å². The van der Waals surface area contributed by atoms with Crippen molar-refractivity contribution in [2.45, 2.75) is 27.3 Å². The fourth-order valence-electron chi connectivity index (χ4n) is 1.76. The van der Waals surface area contributed by atoms with E-state index in [0.717, 1.165) is 36.0 Å². The van der Waals surface area contributed by atoms with Crippen LogP contribution in [0.3, 0.4) is 0 Å². The fraction of sp³-hybridized carbons (Fsp3) is 0.375. The molecular formula is C16H21N3O. The Labute approximate surface area is 120 Å². The van der Waals surface area contributed by atoms with Crippen LogP contribution < -0.4 is 10.1 Å². The molecule has 2 aromatic heterocycles. The van der Waals surface area contributed by atoms with E-state index >= 15 is 0 Å². The summed E-state index contributed by atoms with van der Waals surface area (Å²) in [5.41, 5.74) is 1.95. The van der Waals surface area contributed by atoms with Crippen molar-refractivity contribution in [3.05, 3.63) is 48.0 Å². The van der Waals surface area contributed by atoms with Gasteiger partial charge in [-0.1, -0.05) is 13.8 Å². The van der Waals surface area contributed by atoms with Gasteiger partial charge in [0.15, 0.2) is 0 Å². The zero-order chi connectivity index (χ0) is 14.4. The molecule has 106 valence electrons. The Kier molecular flexibility index (Phi) is 5.07. The molecule has 4 heteroatoms. The van der Waals surface area contributed by atoms with Gasteiger partial charge in [-0.05, 0) is 37.6 Å². The first-order valence-electron chi connectivity index (χ1n) is 6.89. The number of rotatable bonds is 6. The lowest BCUT2D eigenvalue weighted by Crippen LogP contribution is -2.19. The minimum atomic E-state index is 0.632. The van der Waals surface area contributed by atoms with Crippen LogP contribution in [0.25, 0.3) is 0 Å². The normalized spacial score (nSPS) is 10.8. The maximum atomic E-state index is 5.77. The van der Waals surface area contributed by atoms with Gasteiger partial charge in [0, 0.05) is 24.5 Å². The Balaban J connectivity index is 1.96. The zero-order valence-electron chi connectivity index (χ0n) is 12.3. The average Bonchev–Trinajstić information content (AvgIpc) is 2.41. The lowest BCUT2D eigenvalue weighted by Gasteiger charge is -2.09. The molecule has 0 fully saturated rings. The van der Waals surface area contributed by atoms with E-state index in [1.54, 1.807) is 12.4 Å². The van der Waals surface area contributed by atoms with E-state index in [9.17, 15) is 0 Å². The minimum absolute atomic E-state index is 0.632. The van der Waals surface area contributed by atoms with Gasteiger partial charge in [-0.15, -0.1) is 0 Å². The van der Waals surface area contributed by atoms with Gasteiger partial charge in [-0.2, -0.15) is 0 Å². The summed E-state index contributed by atoms with van der Waals surface area (Å²) in [5.74, 6) is 2.16. The Morgan fingerprint density at radius 1 is 1.15 bits per heavy atom. The molecule has 0 atom stereocenters. The highest BCUT2D eigenvalue weighted by Crippen LogP contribution is 2.20. The number of hydrogen-bond donors (Lipinski definition) is 1. The number of aryl methyl sites for hydroxylation is 1. The third-order valence-electron chi connectivity index (χ3n) is 2.77. The summed E-state index contributed by atoms with van der Waals surface area (Å²) >= 11 is 0. The van der Waals surface area contributed by atoms with Crippen molar-refractivity contribution in [2.75, 3.05) is 6.54 Å². The first-order valence-corrected chi connectivity index (χ1v) is 6.89. The van der Waals surface area contributed by atoms with Gasteiger partial charge in [0.1, 0.15) is 11.5 Å². The second-order valence-corrected chi connectivity index (χ2v) is 5.24. The van der Waals surface area contributed by atoms with Gasteiger partial charge in [0.2, 0.25) is 0 Å². The highest BCUT2D eigenvalue weighted by atomic mass is 16.5. The first-order chi connectivity index (χ1) is 9.63. The van der Waals surface area contributed by atoms with Crippen molar-refractivity contribution in [1.82, 2.24) is 15.3 Å². The average molecular weight is 271 g/mol. The molecule has 1 N–H and O–H groups in total. The molecule has 0 aliphatic heterocycles. The Bertz CT molecular complexity index is 538. The summed E-state index contributed by atoms with van der Waals surface area (Å²) in [6, 6.07) is 7.65. The van der Waals surface area contributed by atoms with E-state index in [2.05, 4.69) is 29.1 Å². The molecule has 0 aromatic carbocycles.